The van der Waals surface area contributed by atoms with Crippen LogP contribution in [-0.4, -0.2) is 11.8 Å². The van der Waals surface area contributed by atoms with Crippen molar-refractivity contribution in [2.24, 2.45) is 5.73 Å². The van der Waals surface area contributed by atoms with Crippen molar-refractivity contribution >= 4 is 0 Å². The van der Waals surface area contributed by atoms with E-state index in [1.807, 2.05) is 20.8 Å². The largest absolute Gasteiger partial charge is 0.354 e. The molecule has 0 amide bonds. The quantitative estimate of drug-likeness (QED) is 0.480. The maximum atomic E-state index is 5.56. The lowest BCUT2D eigenvalue weighted by molar-refractivity contribution is -0.0390. The Hall–Kier alpha value is -0.340. The first-order chi connectivity index (χ1) is 4.52. The van der Waals surface area contributed by atoms with Gasteiger partial charge in [-0.2, -0.15) is 0 Å². The summed E-state index contributed by atoms with van der Waals surface area (Å²) in [7, 11) is 0. The van der Waals surface area contributed by atoms with Crippen molar-refractivity contribution < 1.29 is 4.74 Å². The second-order valence-corrected chi connectivity index (χ2v) is 2.87. The van der Waals surface area contributed by atoms with Crippen LogP contribution in [0.5, 0.6) is 0 Å². The minimum atomic E-state index is -0.296. The first kappa shape index (κ1) is 9.66. The predicted octanol–water partition coefficient (Wildman–Crippen LogP) is 1.66. The van der Waals surface area contributed by atoms with E-state index in [4.69, 9.17) is 10.5 Å². The summed E-state index contributed by atoms with van der Waals surface area (Å²) in [5.41, 5.74) is 5.27. The summed E-state index contributed by atoms with van der Waals surface area (Å²) in [6, 6.07) is 0. The van der Waals surface area contributed by atoms with E-state index < -0.39 is 0 Å². The number of hydrogen-bond donors (Lipinski definition) is 1. The molecule has 0 aliphatic heterocycles. The van der Waals surface area contributed by atoms with Gasteiger partial charge in [0.1, 0.15) is 6.23 Å². The van der Waals surface area contributed by atoms with E-state index in [0.29, 0.717) is 0 Å². The van der Waals surface area contributed by atoms with Gasteiger partial charge >= 0.3 is 0 Å². The standard InChI is InChI=1S/C8H17NO/c1-5-7(9)10-8(3,4)6-2/h6-7H,2,5,9H2,1,3-4H3. The molecule has 2 heteroatoms. The van der Waals surface area contributed by atoms with Gasteiger partial charge in [-0.05, 0) is 20.3 Å². The highest BCUT2D eigenvalue weighted by Gasteiger charge is 2.15. The summed E-state index contributed by atoms with van der Waals surface area (Å²) in [5, 5.41) is 0. The van der Waals surface area contributed by atoms with Gasteiger partial charge in [-0.25, -0.2) is 0 Å². The maximum Gasteiger partial charge on any atom is 0.106 e. The Kier molecular flexibility index (Phi) is 3.61. The second kappa shape index (κ2) is 3.74. The molecular formula is C8H17NO. The van der Waals surface area contributed by atoms with Crippen molar-refractivity contribution in [1.29, 1.82) is 0 Å². The van der Waals surface area contributed by atoms with Crippen LogP contribution in [0.1, 0.15) is 27.2 Å². The van der Waals surface area contributed by atoms with Crippen molar-refractivity contribution in [2.75, 3.05) is 0 Å². The molecular weight excluding hydrogens is 126 g/mol. The molecule has 60 valence electrons. The van der Waals surface area contributed by atoms with Gasteiger partial charge in [0.05, 0.1) is 5.60 Å². The topological polar surface area (TPSA) is 35.2 Å². The Morgan fingerprint density at radius 3 is 2.50 bits per heavy atom. The average Bonchev–Trinajstić information content (AvgIpc) is 1.87. The van der Waals surface area contributed by atoms with Crippen LogP contribution < -0.4 is 5.73 Å². The lowest BCUT2D eigenvalue weighted by atomic mass is 10.1. The van der Waals surface area contributed by atoms with Crippen LogP contribution in [0, 0.1) is 0 Å². The van der Waals surface area contributed by atoms with Crippen molar-refractivity contribution in [2.45, 2.75) is 39.0 Å². The highest BCUT2D eigenvalue weighted by atomic mass is 16.5. The highest BCUT2D eigenvalue weighted by Crippen LogP contribution is 2.11. The molecule has 0 saturated carbocycles. The van der Waals surface area contributed by atoms with Gasteiger partial charge in [-0.3, -0.25) is 0 Å². The van der Waals surface area contributed by atoms with Crippen LogP contribution in [0.4, 0.5) is 0 Å². The van der Waals surface area contributed by atoms with Crippen LogP contribution in [0.3, 0.4) is 0 Å². The summed E-state index contributed by atoms with van der Waals surface area (Å²) < 4.78 is 5.40. The van der Waals surface area contributed by atoms with Crippen molar-refractivity contribution in [3.63, 3.8) is 0 Å². The van der Waals surface area contributed by atoms with Gasteiger partial charge in [0, 0.05) is 0 Å². The maximum absolute atomic E-state index is 5.56. The van der Waals surface area contributed by atoms with Gasteiger partial charge in [-0.15, -0.1) is 6.58 Å². The molecule has 0 aromatic heterocycles. The zero-order chi connectivity index (χ0) is 8.20. The molecule has 0 aromatic carbocycles. The number of ether oxygens (including phenoxy) is 1. The van der Waals surface area contributed by atoms with E-state index in [-0.39, 0.29) is 11.8 Å². The SMILES string of the molecule is C=CC(C)(C)OC(N)CC. The van der Waals surface area contributed by atoms with Gasteiger partial charge in [0.15, 0.2) is 0 Å². The van der Waals surface area contributed by atoms with Gasteiger partial charge in [-0.1, -0.05) is 13.0 Å². The Morgan fingerprint density at radius 2 is 2.20 bits per heavy atom. The first-order valence-corrected chi connectivity index (χ1v) is 3.59. The lowest BCUT2D eigenvalue weighted by Crippen LogP contribution is -2.33. The van der Waals surface area contributed by atoms with Crippen LogP contribution in [0.25, 0.3) is 0 Å². The number of rotatable bonds is 4. The smallest absolute Gasteiger partial charge is 0.106 e. The van der Waals surface area contributed by atoms with E-state index in [2.05, 4.69) is 6.58 Å². The molecule has 0 aliphatic rings. The fraction of sp³-hybridized carbons (Fsp3) is 0.750. The minimum absolute atomic E-state index is 0.173. The average molecular weight is 143 g/mol. The molecule has 0 radical (unpaired) electrons. The Morgan fingerprint density at radius 1 is 1.70 bits per heavy atom. The molecule has 0 fully saturated rings. The molecule has 1 atom stereocenters. The summed E-state index contributed by atoms with van der Waals surface area (Å²) in [5.74, 6) is 0. The summed E-state index contributed by atoms with van der Waals surface area (Å²) >= 11 is 0. The lowest BCUT2D eigenvalue weighted by Gasteiger charge is -2.24. The van der Waals surface area contributed by atoms with Crippen molar-refractivity contribution in [1.82, 2.24) is 0 Å². The fourth-order valence-corrected chi connectivity index (χ4v) is 0.522. The van der Waals surface area contributed by atoms with Crippen molar-refractivity contribution in [3.8, 4) is 0 Å². The van der Waals surface area contributed by atoms with E-state index in [1.165, 1.54) is 0 Å². The molecule has 0 bridgehead atoms. The molecule has 2 nitrogen and oxygen atoms in total. The minimum Gasteiger partial charge on any atom is -0.354 e. The molecule has 0 saturated heterocycles. The zero-order valence-corrected chi connectivity index (χ0v) is 7.05. The van der Waals surface area contributed by atoms with E-state index in [1.54, 1.807) is 6.08 Å². The number of nitrogens with two attached hydrogens (primary N) is 1. The Balaban J connectivity index is 3.75. The van der Waals surface area contributed by atoms with Gasteiger partial charge in [0.25, 0.3) is 0 Å². The Labute approximate surface area is 63.1 Å². The molecule has 10 heavy (non-hydrogen) atoms. The fourth-order valence-electron chi connectivity index (χ4n) is 0.522. The Bertz CT molecular complexity index is 110. The molecule has 0 rings (SSSR count). The predicted molar refractivity (Wildman–Crippen MR) is 43.6 cm³/mol. The van der Waals surface area contributed by atoms with Crippen LogP contribution in [0.15, 0.2) is 12.7 Å². The third-order valence-electron chi connectivity index (χ3n) is 1.35. The molecule has 0 heterocycles. The second-order valence-electron chi connectivity index (χ2n) is 2.87. The summed E-state index contributed by atoms with van der Waals surface area (Å²) in [6.45, 7) is 9.51. The normalized spacial score (nSPS) is 14.8. The highest BCUT2D eigenvalue weighted by molar-refractivity contribution is 4.89. The zero-order valence-electron chi connectivity index (χ0n) is 7.05. The molecule has 2 N–H and O–H groups in total. The van der Waals surface area contributed by atoms with Gasteiger partial charge in [0.2, 0.25) is 0 Å². The van der Waals surface area contributed by atoms with Gasteiger partial charge < -0.3 is 10.5 Å². The third kappa shape index (κ3) is 3.64. The van der Waals surface area contributed by atoms with E-state index in [0.717, 1.165) is 6.42 Å². The third-order valence-corrected chi connectivity index (χ3v) is 1.35. The molecule has 0 aliphatic carbocycles. The molecule has 1 unspecified atom stereocenters. The van der Waals surface area contributed by atoms with Crippen molar-refractivity contribution in [3.05, 3.63) is 12.7 Å². The summed E-state index contributed by atoms with van der Waals surface area (Å²) in [6.07, 6.45) is 2.41. The van der Waals surface area contributed by atoms with E-state index >= 15 is 0 Å². The molecule has 0 spiro atoms. The van der Waals surface area contributed by atoms with Crippen LogP contribution in [0.2, 0.25) is 0 Å². The monoisotopic (exact) mass is 143 g/mol. The first-order valence-electron chi connectivity index (χ1n) is 3.59. The summed E-state index contributed by atoms with van der Waals surface area (Å²) in [4.78, 5) is 0. The molecule has 0 aromatic rings. The van der Waals surface area contributed by atoms with E-state index in [9.17, 15) is 0 Å². The number of hydrogen-bond acceptors (Lipinski definition) is 2. The van der Waals surface area contributed by atoms with Crippen LogP contribution >= 0.6 is 0 Å². The van der Waals surface area contributed by atoms with Crippen LogP contribution in [-0.2, 0) is 4.74 Å².